The highest BCUT2D eigenvalue weighted by molar-refractivity contribution is 5.87. The van der Waals surface area contributed by atoms with Crippen LogP contribution in [0.25, 0.3) is 11.0 Å². The number of pyridine rings is 1. The lowest BCUT2D eigenvalue weighted by Crippen LogP contribution is -2.39. The lowest BCUT2D eigenvalue weighted by atomic mass is 10.0. The maximum absolute atomic E-state index is 12.6. The Balaban J connectivity index is 1.19. The van der Waals surface area contributed by atoms with Crippen molar-refractivity contribution in [1.82, 2.24) is 25.0 Å². The Morgan fingerprint density at radius 3 is 2.84 bits per heavy atom. The Kier molecular flexibility index (Phi) is 5.75. The highest BCUT2D eigenvalue weighted by Gasteiger charge is 2.31. The summed E-state index contributed by atoms with van der Waals surface area (Å²) in [5.74, 6) is 1.15. The van der Waals surface area contributed by atoms with Crippen molar-refractivity contribution in [3.05, 3.63) is 53.7 Å². The van der Waals surface area contributed by atoms with Crippen LogP contribution in [-0.4, -0.2) is 69.5 Å². The second-order valence-corrected chi connectivity index (χ2v) is 8.61. The summed E-state index contributed by atoms with van der Waals surface area (Å²) in [4.78, 5) is 32.8. The third kappa shape index (κ3) is 4.30. The van der Waals surface area contributed by atoms with Crippen molar-refractivity contribution in [2.45, 2.75) is 31.6 Å². The Labute approximate surface area is 187 Å². The van der Waals surface area contributed by atoms with Gasteiger partial charge in [0.1, 0.15) is 0 Å². The number of benzene rings is 1. The van der Waals surface area contributed by atoms with Crippen molar-refractivity contribution in [3.63, 3.8) is 0 Å². The predicted octanol–water partition coefficient (Wildman–Crippen LogP) is 2.55. The number of fused-ring (bicyclic) bond motifs is 1. The van der Waals surface area contributed by atoms with Crippen LogP contribution < -0.4 is 5.32 Å². The van der Waals surface area contributed by atoms with Crippen LogP contribution in [0.4, 0.5) is 5.82 Å². The lowest BCUT2D eigenvalue weighted by Gasteiger charge is -2.21. The number of aromatic nitrogens is 3. The van der Waals surface area contributed by atoms with Gasteiger partial charge in [0, 0.05) is 44.2 Å². The van der Waals surface area contributed by atoms with E-state index in [-0.39, 0.29) is 24.3 Å². The van der Waals surface area contributed by atoms with E-state index in [4.69, 9.17) is 4.98 Å². The molecule has 8 nitrogen and oxygen atoms in total. The molecule has 166 valence electrons. The number of amides is 2. The largest absolute Gasteiger partial charge is 0.368 e. The predicted molar refractivity (Wildman–Crippen MR) is 122 cm³/mol. The average molecular weight is 433 g/mol. The Bertz CT molecular complexity index is 1110. The second-order valence-electron chi connectivity index (χ2n) is 8.61. The number of carbonyl (C=O) groups is 2. The normalized spacial score (nSPS) is 18.6. The minimum Gasteiger partial charge on any atom is -0.368 e. The van der Waals surface area contributed by atoms with Gasteiger partial charge in [0.2, 0.25) is 11.8 Å². The van der Waals surface area contributed by atoms with Gasteiger partial charge in [-0.15, -0.1) is 0 Å². The van der Waals surface area contributed by atoms with Gasteiger partial charge in [0.25, 0.3) is 0 Å². The molecule has 3 aromatic rings. The first-order chi connectivity index (χ1) is 15.7. The van der Waals surface area contributed by atoms with Crippen LogP contribution in [0, 0.1) is 0 Å². The highest BCUT2D eigenvalue weighted by atomic mass is 16.2. The van der Waals surface area contributed by atoms with Crippen molar-refractivity contribution in [1.29, 1.82) is 0 Å². The maximum Gasteiger partial charge on any atom is 0.242 e. The zero-order valence-electron chi connectivity index (χ0n) is 18.1. The van der Waals surface area contributed by atoms with Crippen molar-refractivity contribution < 1.29 is 9.59 Å². The van der Waals surface area contributed by atoms with E-state index in [2.05, 4.69) is 33.7 Å². The zero-order chi connectivity index (χ0) is 21.9. The number of H-pyrrole nitrogens is 1. The standard InChI is InChI=1S/C24H28N6O2/c31-21-7-4-13-29(21)16-22(32)30-14-11-18(15-30)20-9-8-19-23(27-28-24(19)26-20)25-12-10-17-5-2-1-3-6-17/h1-3,5-6,8-9,18H,4,7,10-16H2,(H2,25,26,27,28)/t18-/m1/s1. The van der Waals surface area contributed by atoms with E-state index >= 15 is 0 Å². The molecule has 5 rings (SSSR count). The van der Waals surface area contributed by atoms with Crippen molar-refractivity contribution in [2.24, 2.45) is 0 Å². The Morgan fingerprint density at radius 2 is 2.03 bits per heavy atom. The van der Waals surface area contributed by atoms with Gasteiger partial charge >= 0.3 is 0 Å². The number of hydrogen-bond donors (Lipinski definition) is 2. The van der Waals surface area contributed by atoms with Gasteiger partial charge < -0.3 is 15.1 Å². The minimum atomic E-state index is 0.0373. The molecule has 2 saturated heterocycles. The minimum absolute atomic E-state index is 0.0373. The fraction of sp³-hybridized carbons (Fsp3) is 0.417. The molecule has 0 aliphatic carbocycles. The number of nitrogens with zero attached hydrogens (tertiary/aromatic N) is 4. The maximum atomic E-state index is 12.6. The van der Waals surface area contributed by atoms with Gasteiger partial charge in [0.05, 0.1) is 11.9 Å². The molecule has 0 spiro atoms. The summed E-state index contributed by atoms with van der Waals surface area (Å²) in [6.07, 6.45) is 3.23. The van der Waals surface area contributed by atoms with E-state index in [9.17, 15) is 9.59 Å². The highest BCUT2D eigenvalue weighted by Crippen LogP contribution is 2.29. The number of anilines is 1. The van der Waals surface area contributed by atoms with Gasteiger partial charge in [0.15, 0.2) is 11.5 Å². The quantitative estimate of drug-likeness (QED) is 0.598. The molecule has 1 atom stereocenters. The summed E-state index contributed by atoms with van der Waals surface area (Å²) < 4.78 is 0. The molecule has 1 aromatic carbocycles. The summed E-state index contributed by atoms with van der Waals surface area (Å²) in [5.41, 5.74) is 3.02. The van der Waals surface area contributed by atoms with Crippen LogP contribution in [0.1, 0.15) is 36.4 Å². The molecule has 0 radical (unpaired) electrons. The SMILES string of the molecule is O=C1CCCN1CC(=O)N1CC[C@@H](c2ccc3c(NCCc4ccccc4)n[nH]c3n2)C1. The molecular formula is C24H28N6O2. The number of carbonyl (C=O) groups excluding carboxylic acids is 2. The summed E-state index contributed by atoms with van der Waals surface area (Å²) in [6, 6.07) is 14.5. The molecule has 0 saturated carbocycles. The first-order valence-electron chi connectivity index (χ1n) is 11.4. The molecule has 0 unspecified atom stereocenters. The molecule has 2 amide bonds. The zero-order valence-corrected chi connectivity index (χ0v) is 18.1. The molecular weight excluding hydrogens is 404 g/mol. The van der Waals surface area contributed by atoms with Crippen LogP contribution in [-0.2, 0) is 16.0 Å². The van der Waals surface area contributed by atoms with Gasteiger partial charge in [-0.1, -0.05) is 30.3 Å². The summed E-state index contributed by atoms with van der Waals surface area (Å²) in [6.45, 7) is 3.05. The van der Waals surface area contributed by atoms with Crippen molar-refractivity contribution in [3.8, 4) is 0 Å². The smallest absolute Gasteiger partial charge is 0.242 e. The monoisotopic (exact) mass is 432 g/mol. The third-order valence-corrected chi connectivity index (χ3v) is 6.45. The Hall–Kier alpha value is -3.42. The lowest BCUT2D eigenvalue weighted by molar-refractivity contribution is -0.137. The van der Waals surface area contributed by atoms with Crippen LogP contribution in [0.15, 0.2) is 42.5 Å². The van der Waals surface area contributed by atoms with Crippen molar-refractivity contribution >= 4 is 28.7 Å². The molecule has 0 bridgehead atoms. The van der Waals surface area contributed by atoms with E-state index in [1.165, 1.54) is 5.56 Å². The van der Waals surface area contributed by atoms with Gasteiger partial charge in [-0.3, -0.25) is 14.7 Å². The van der Waals surface area contributed by atoms with Crippen molar-refractivity contribution in [2.75, 3.05) is 38.0 Å². The molecule has 2 aliphatic heterocycles. The van der Waals surface area contributed by atoms with E-state index < -0.39 is 0 Å². The third-order valence-electron chi connectivity index (χ3n) is 6.45. The molecule has 4 heterocycles. The summed E-state index contributed by atoms with van der Waals surface area (Å²) in [7, 11) is 0. The topological polar surface area (TPSA) is 94.2 Å². The molecule has 2 N–H and O–H groups in total. The van der Waals surface area contributed by atoms with Crippen LogP contribution in [0.2, 0.25) is 0 Å². The van der Waals surface area contributed by atoms with Crippen LogP contribution in [0.3, 0.4) is 0 Å². The van der Waals surface area contributed by atoms with Gasteiger partial charge in [-0.05, 0) is 37.0 Å². The summed E-state index contributed by atoms with van der Waals surface area (Å²) in [5, 5.41) is 11.8. The molecule has 32 heavy (non-hydrogen) atoms. The molecule has 2 aliphatic rings. The molecule has 8 heteroatoms. The molecule has 2 aromatic heterocycles. The number of rotatable bonds is 7. The van der Waals surface area contributed by atoms with E-state index in [1.807, 2.05) is 29.2 Å². The number of nitrogens with one attached hydrogen (secondary N) is 2. The van der Waals surface area contributed by atoms with Crippen LogP contribution >= 0.6 is 0 Å². The first kappa shape index (κ1) is 20.5. The molecule has 2 fully saturated rings. The Morgan fingerprint density at radius 1 is 1.16 bits per heavy atom. The average Bonchev–Trinajstić information content (AvgIpc) is 3.55. The number of aromatic amines is 1. The second kappa shape index (κ2) is 8.98. The fourth-order valence-electron chi connectivity index (χ4n) is 4.61. The van der Waals surface area contributed by atoms with E-state index in [0.29, 0.717) is 26.1 Å². The fourth-order valence-corrected chi connectivity index (χ4v) is 4.61. The van der Waals surface area contributed by atoms with Crippen LogP contribution in [0.5, 0.6) is 0 Å². The van der Waals surface area contributed by atoms with Gasteiger partial charge in [-0.25, -0.2) is 4.98 Å². The van der Waals surface area contributed by atoms with E-state index in [0.717, 1.165) is 48.4 Å². The van der Waals surface area contributed by atoms with Gasteiger partial charge in [-0.2, -0.15) is 5.10 Å². The summed E-state index contributed by atoms with van der Waals surface area (Å²) >= 11 is 0. The first-order valence-corrected chi connectivity index (χ1v) is 11.4. The number of likely N-dealkylation sites (tertiary alicyclic amines) is 2. The number of hydrogen-bond acceptors (Lipinski definition) is 5. The van der Waals surface area contributed by atoms with E-state index in [1.54, 1.807) is 4.90 Å².